The molecule has 3 heteroatoms. The van der Waals surface area contributed by atoms with Crippen molar-refractivity contribution in [1.29, 1.82) is 0 Å². The summed E-state index contributed by atoms with van der Waals surface area (Å²) >= 11 is 0. The highest BCUT2D eigenvalue weighted by Crippen LogP contribution is 2.44. The van der Waals surface area contributed by atoms with Gasteiger partial charge in [0.15, 0.2) is 0 Å². The smallest absolute Gasteiger partial charge is 0.232 e. The van der Waals surface area contributed by atoms with Crippen molar-refractivity contribution >= 4 is 5.91 Å². The summed E-state index contributed by atoms with van der Waals surface area (Å²) < 4.78 is 0. The standard InChI is InChI=1S/C24H30N2O/c27-24(25-15-7-10-18-26-16-8-1-2-9-17-26)23-21-13-5-3-11-19(21)20-12-4-6-14-22(20)23/h3-6,11-14,23H,1-2,7-10,15-18H2,(H,25,27). The molecule has 1 N–H and O–H groups in total. The van der Waals surface area contributed by atoms with Crippen molar-refractivity contribution in [2.24, 2.45) is 0 Å². The fourth-order valence-corrected chi connectivity index (χ4v) is 4.57. The molecule has 0 aromatic heterocycles. The van der Waals surface area contributed by atoms with Crippen LogP contribution in [-0.2, 0) is 4.79 Å². The van der Waals surface area contributed by atoms with Gasteiger partial charge in [-0.25, -0.2) is 0 Å². The Hall–Kier alpha value is -2.13. The summed E-state index contributed by atoms with van der Waals surface area (Å²) in [5.41, 5.74) is 4.69. The summed E-state index contributed by atoms with van der Waals surface area (Å²) in [6, 6.07) is 16.6. The summed E-state index contributed by atoms with van der Waals surface area (Å²) in [5.74, 6) is -0.0230. The first-order valence-electron chi connectivity index (χ1n) is 10.5. The Morgan fingerprint density at radius 1 is 0.852 bits per heavy atom. The predicted molar refractivity (Wildman–Crippen MR) is 111 cm³/mol. The summed E-state index contributed by atoms with van der Waals surface area (Å²) in [7, 11) is 0. The van der Waals surface area contributed by atoms with E-state index in [9.17, 15) is 4.79 Å². The third-order valence-electron chi connectivity index (χ3n) is 5.99. The van der Waals surface area contributed by atoms with Crippen LogP contribution in [0.3, 0.4) is 0 Å². The van der Waals surface area contributed by atoms with Crippen LogP contribution in [0.15, 0.2) is 48.5 Å². The molecule has 142 valence electrons. The summed E-state index contributed by atoms with van der Waals surface area (Å²) in [6.07, 6.45) is 7.68. The summed E-state index contributed by atoms with van der Waals surface area (Å²) in [4.78, 5) is 15.6. The van der Waals surface area contributed by atoms with Gasteiger partial charge in [-0.2, -0.15) is 0 Å². The maximum Gasteiger partial charge on any atom is 0.232 e. The van der Waals surface area contributed by atoms with Gasteiger partial charge in [-0.05, 0) is 67.6 Å². The summed E-state index contributed by atoms with van der Waals surface area (Å²) in [5, 5.41) is 3.20. The normalized spacial score (nSPS) is 17.2. The van der Waals surface area contributed by atoms with Gasteiger partial charge in [0.05, 0.1) is 5.92 Å². The van der Waals surface area contributed by atoms with Gasteiger partial charge in [0.1, 0.15) is 0 Å². The van der Waals surface area contributed by atoms with E-state index in [1.54, 1.807) is 0 Å². The maximum absolute atomic E-state index is 13.0. The molecular weight excluding hydrogens is 332 g/mol. The van der Waals surface area contributed by atoms with E-state index in [4.69, 9.17) is 0 Å². The Morgan fingerprint density at radius 3 is 2.07 bits per heavy atom. The Kier molecular flexibility index (Phi) is 5.88. The average molecular weight is 363 g/mol. The van der Waals surface area contributed by atoms with Crippen molar-refractivity contribution in [3.8, 4) is 11.1 Å². The number of likely N-dealkylation sites (tertiary alicyclic amines) is 1. The molecule has 2 aromatic rings. The number of unbranched alkanes of at least 4 members (excludes halogenated alkanes) is 1. The maximum atomic E-state index is 13.0. The van der Waals surface area contributed by atoms with Crippen molar-refractivity contribution in [2.45, 2.75) is 44.4 Å². The molecule has 2 aromatic carbocycles. The predicted octanol–water partition coefficient (Wildman–Crippen LogP) is 4.57. The SMILES string of the molecule is O=C(NCCCCN1CCCCCC1)C1c2ccccc2-c2ccccc21. The van der Waals surface area contributed by atoms with E-state index in [-0.39, 0.29) is 11.8 Å². The molecule has 0 atom stereocenters. The van der Waals surface area contributed by atoms with Gasteiger partial charge in [-0.15, -0.1) is 0 Å². The van der Waals surface area contributed by atoms with Crippen molar-refractivity contribution in [2.75, 3.05) is 26.2 Å². The lowest BCUT2D eigenvalue weighted by Gasteiger charge is -2.19. The van der Waals surface area contributed by atoms with Crippen LogP contribution in [-0.4, -0.2) is 37.0 Å². The number of nitrogens with zero attached hydrogens (tertiary/aromatic N) is 1. The number of amides is 1. The Bertz CT molecular complexity index is 732. The van der Waals surface area contributed by atoms with E-state index in [1.165, 1.54) is 56.4 Å². The van der Waals surface area contributed by atoms with Gasteiger partial charge in [-0.3, -0.25) is 4.79 Å². The zero-order valence-corrected chi connectivity index (χ0v) is 16.1. The monoisotopic (exact) mass is 362 g/mol. The Balaban J connectivity index is 1.31. The molecule has 1 fully saturated rings. The van der Waals surface area contributed by atoms with Crippen LogP contribution in [0.25, 0.3) is 11.1 Å². The van der Waals surface area contributed by atoms with Crippen LogP contribution in [0.5, 0.6) is 0 Å². The number of fused-ring (bicyclic) bond motifs is 3. The third kappa shape index (κ3) is 4.08. The zero-order valence-electron chi connectivity index (χ0n) is 16.1. The minimum atomic E-state index is -0.164. The van der Waals surface area contributed by atoms with Gasteiger partial charge in [-0.1, -0.05) is 61.4 Å². The first-order valence-corrected chi connectivity index (χ1v) is 10.5. The first-order chi connectivity index (χ1) is 13.3. The number of hydrogen-bond donors (Lipinski definition) is 1. The first kappa shape index (κ1) is 18.2. The number of carbonyl (C=O) groups is 1. The Morgan fingerprint density at radius 2 is 1.44 bits per heavy atom. The quantitative estimate of drug-likeness (QED) is 0.764. The van der Waals surface area contributed by atoms with Crippen molar-refractivity contribution in [3.05, 3.63) is 59.7 Å². The third-order valence-corrected chi connectivity index (χ3v) is 5.99. The molecule has 4 rings (SSSR count). The van der Waals surface area contributed by atoms with Crippen LogP contribution < -0.4 is 5.32 Å². The van der Waals surface area contributed by atoms with E-state index >= 15 is 0 Å². The molecule has 2 aliphatic rings. The second kappa shape index (κ2) is 8.71. The molecule has 1 heterocycles. The van der Waals surface area contributed by atoms with Gasteiger partial charge >= 0.3 is 0 Å². The van der Waals surface area contributed by atoms with Crippen molar-refractivity contribution in [3.63, 3.8) is 0 Å². The van der Waals surface area contributed by atoms with Crippen LogP contribution in [0, 0.1) is 0 Å². The molecule has 0 unspecified atom stereocenters. The van der Waals surface area contributed by atoms with Gasteiger partial charge in [0.25, 0.3) is 0 Å². The zero-order chi connectivity index (χ0) is 18.5. The molecular formula is C24H30N2O. The van der Waals surface area contributed by atoms with E-state index in [1.807, 2.05) is 12.1 Å². The minimum absolute atomic E-state index is 0.141. The number of carbonyl (C=O) groups excluding carboxylic acids is 1. The van der Waals surface area contributed by atoms with Gasteiger partial charge < -0.3 is 10.2 Å². The lowest BCUT2D eigenvalue weighted by Crippen LogP contribution is -2.31. The molecule has 1 amide bonds. The molecule has 1 aliphatic heterocycles. The number of rotatable bonds is 6. The minimum Gasteiger partial charge on any atom is -0.355 e. The summed E-state index contributed by atoms with van der Waals surface area (Å²) in [6.45, 7) is 4.45. The number of nitrogens with one attached hydrogen (secondary N) is 1. The lowest BCUT2D eigenvalue weighted by atomic mass is 9.96. The van der Waals surface area contributed by atoms with Crippen molar-refractivity contribution < 1.29 is 4.79 Å². The molecule has 3 nitrogen and oxygen atoms in total. The van der Waals surface area contributed by atoms with E-state index in [0.717, 1.165) is 30.5 Å². The average Bonchev–Trinajstić information content (AvgIpc) is 2.83. The van der Waals surface area contributed by atoms with Gasteiger partial charge in [0.2, 0.25) is 5.91 Å². The van der Waals surface area contributed by atoms with Crippen molar-refractivity contribution in [1.82, 2.24) is 10.2 Å². The molecule has 0 bridgehead atoms. The Labute approximate surface area is 162 Å². The number of benzene rings is 2. The van der Waals surface area contributed by atoms with Gasteiger partial charge in [0, 0.05) is 6.54 Å². The fourth-order valence-electron chi connectivity index (χ4n) is 4.57. The topological polar surface area (TPSA) is 32.3 Å². The largest absolute Gasteiger partial charge is 0.355 e. The molecule has 0 spiro atoms. The van der Waals surface area contributed by atoms with Crippen LogP contribution in [0.1, 0.15) is 55.6 Å². The number of hydrogen-bond acceptors (Lipinski definition) is 2. The van der Waals surface area contributed by atoms with E-state index in [0.29, 0.717) is 0 Å². The molecule has 0 saturated carbocycles. The molecule has 27 heavy (non-hydrogen) atoms. The highest BCUT2D eigenvalue weighted by atomic mass is 16.1. The second-order valence-corrected chi connectivity index (χ2v) is 7.86. The lowest BCUT2D eigenvalue weighted by molar-refractivity contribution is -0.121. The van der Waals surface area contributed by atoms with E-state index in [2.05, 4.69) is 46.6 Å². The van der Waals surface area contributed by atoms with Crippen LogP contribution in [0.4, 0.5) is 0 Å². The molecule has 1 aliphatic carbocycles. The molecule has 1 saturated heterocycles. The van der Waals surface area contributed by atoms with E-state index < -0.39 is 0 Å². The fraction of sp³-hybridized carbons (Fsp3) is 0.458. The molecule has 0 radical (unpaired) electrons. The highest BCUT2D eigenvalue weighted by Gasteiger charge is 2.32. The highest BCUT2D eigenvalue weighted by molar-refractivity contribution is 5.96. The van der Waals surface area contributed by atoms with Crippen LogP contribution >= 0.6 is 0 Å². The second-order valence-electron chi connectivity index (χ2n) is 7.86. The van der Waals surface area contributed by atoms with Crippen LogP contribution in [0.2, 0.25) is 0 Å².